The number of benzene rings is 2. The molecule has 3 rings (SSSR count). The third-order valence-electron chi connectivity index (χ3n) is 4.03. The molecule has 3 aromatic rings. The number of hydrogen-bond acceptors (Lipinski definition) is 2. The molecule has 0 atom stereocenters. The minimum Gasteiger partial charge on any atom is -0.334 e. The predicted octanol–water partition coefficient (Wildman–Crippen LogP) is 3.14. The van der Waals surface area contributed by atoms with E-state index in [9.17, 15) is 4.79 Å². The average molecular weight is 322 g/mol. The molecule has 2 amide bonds. The van der Waals surface area contributed by atoms with Gasteiger partial charge in [0.25, 0.3) is 0 Å². The minimum atomic E-state index is -0.172. The van der Waals surface area contributed by atoms with Gasteiger partial charge in [-0.2, -0.15) is 5.10 Å². The zero-order chi connectivity index (χ0) is 16.9. The first kappa shape index (κ1) is 16.1. The minimum absolute atomic E-state index is 0.172. The molecule has 124 valence electrons. The van der Waals surface area contributed by atoms with Crippen LogP contribution in [-0.2, 0) is 26.6 Å². The van der Waals surface area contributed by atoms with Crippen LogP contribution in [0.15, 0.2) is 48.7 Å². The van der Waals surface area contributed by atoms with Gasteiger partial charge in [-0.05, 0) is 28.8 Å². The maximum absolute atomic E-state index is 12.0. The molecule has 0 bridgehead atoms. The summed E-state index contributed by atoms with van der Waals surface area (Å²) in [6.07, 6.45) is 2.80. The summed E-state index contributed by atoms with van der Waals surface area (Å²) < 4.78 is 1.78. The van der Waals surface area contributed by atoms with Crippen molar-refractivity contribution in [2.24, 2.45) is 7.05 Å². The standard InChI is InChI=1S/C19H22N4O/c1-3-18-17(13-23(2)22-18)12-21-19(24)20-11-14-8-9-15-6-4-5-7-16(15)10-14/h4-10,13H,3,11-12H2,1-2H3,(H2,20,21,24). The second-order valence-electron chi connectivity index (χ2n) is 5.85. The number of nitrogens with one attached hydrogen (secondary N) is 2. The van der Waals surface area contributed by atoms with Gasteiger partial charge in [-0.1, -0.05) is 43.3 Å². The van der Waals surface area contributed by atoms with Crippen LogP contribution < -0.4 is 10.6 Å². The maximum Gasteiger partial charge on any atom is 0.315 e. The molecular weight excluding hydrogens is 300 g/mol. The third-order valence-corrected chi connectivity index (χ3v) is 4.03. The van der Waals surface area contributed by atoms with E-state index in [1.165, 1.54) is 10.8 Å². The van der Waals surface area contributed by atoms with Crippen molar-refractivity contribution in [2.75, 3.05) is 0 Å². The Morgan fingerprint density at radius 3 is 2.62 bits per heavy atom. The van der Waals surface area contributed by atoms with Crippen LogP contribution in [0.1, 0.15) is 23.7 Å². The van der Waals surface area contributed by atoms with E-state index in [1.807, 2.05) is 31.4 Å². The number of fused-ring (bicyclic) bond motifs is 1. The summed E-state index contributed by atoms with van der Waals surface area (Å²) in [6, 6.07) is 14.3. The van der Waals surface area contributed by atoms with E-state index in [0.29, 0.717) is 13.1 Å². The summed E-state index contributed by atoms with van der Waals surface area (Å²) in [5.41, 5.74) is 3.16. The molecule has 24 heavy (non-hydrogen) atoms. The molecule has 1 aromatic heterocycles. The molecule has 0 spiro atoms. The summed E-state index contributed by atoms with van der Waals surface area (Å²) in [5, 5.41) is 12.6. The summed E-state index contributed by atoms with van der Waals surface area (Å²) in [5.74, 6) is 0. The van der Waals surface area contributed by atoms with Gasteiger partial charge in [-0.3, -0.25) is 4.68 Å². The van der Waals surface area contributed by atoms with Gasteiger partial charge < -0.3 is 10.6 Å². The van der Waals surface area contributed by atoms with Crippen LogP contribution in [0.2, 0.25) is 0 Å². The molecule has 0 aliphatic heterocycles. The SMILES string of the molecule is CCc1nn(C)cc1CNC(=O)NCc1ccc2ccccc2c1. The maximum atomic E-state index is 12.0. The van der Waals surface area contributed by atoms with Gasteiger partial charge in [-0.25, -0.2) is 4.79 Å². The average Bonchev–Trinajstić information content (AvgIpc) is 2.97. The van der Waals surface area contributed by atoms with E-state index in [0.717, 1.165) is 23.2 Å². The smallest absolute Gasteiger partial charge is 0.315 e. The van der Waals surface area contributed by atoms with Crippen LogP contribution in [0.5, 0.6) is 0 Å². The van der Waals surface area contributed by atoms with E-state index in [-0.39, 0.29) is 6.03 Å². The van der Waals surface area contributed by atoms with Crippen LogP contribution in [0.3, 0.4) is 0 Å². The first-order chi connectivity index (χ1) is 11.7. The molecule has 0 saturated carbocycles. The molecule has 0 aliphatic rings. The lowest BCUT2D eigenvalue weighted by Crippen LogP contribution is -2.34. The van der Waals surface area contributed by atoms with Crippen LogP contribution in [0.25, 0.3) is 10.8 Å². The fraction of sp³-hybridized carbons (Fsp3) is 0.263. The number of nitrogens with zero attached hydrogens (tertiary/aromatic N) is 2. The zero-order valence-corrected chi connectivity index (χ0v) is 14.0. The lowest BCUT2D eigenvalue weighted by molar-refractivity contribution is 0.240. The predicted molar refractivity (Wildman–Crippen MR) is 95.6 cm³/mol. The highest BCUT2D eigenvalue weighted by Gasteiger charge is 2.07. The molecule has 0 aliphatic carbocycles. The van der Waals surface area contributed by atoms with Crippen LogP contribution in [-0.4, -0.2) is 15.8 Å². The number of carbonyl (C=O) groups is 1. The second-order valence-corrected chi connectivity index (χ2v) is 5.85. The number of aryl methyl sites for hydroxylation is 2. The first-order valence-corrected chi connectivity index (χ1v) is 8.16. The van der Waals surface area contributed by atoms with Crippen LogP contribution in [0.4, 0.5) is 4.79 Å². The Balaban J connectivity index is 1.54. The summed E-state index contributed by atoms with van der Waals surface area (Å²) in [7, 11) is 1.89. The number of amides is 2. The summed E-state index contributed by atoms with van der Waals surface area (Å²) >= 11 is 0. The van der Waals surface area contributed by atoms with Crippen LogP contribution in [0, 0.1) is 0 Å². The van der Waals surface area contributed by atoms with Gasteiger partial charge in [0.05, 0.1) is 5.69 Å². The van der Waals surface area contributed by atoms with Crippen molar-refractivity contribution in [1.29, 1.82) is 0 Å². The highest BCUT2D eigenvalue weighted by molar-refractivity contribution is 5.83. The van der Waals surface area contributed by atoms with Gasteiger partial charge in [0.15, 0.2) is 0 Å². The van der Waals surface area contributed by atoms with Crippen molar-refractivity contribution in [3.63, 3.8) is 0 Å². The van der Waals surface area contributed by atoms with Crippen molar-refractivity contribution in [1.82, 2.24) is 20.4 Å². The van der Waals surface area contributed by atoms with Crippen molar-refractivity contribution in [3.05, 3.63) is 65.5 Å². The Kier molecular flexibility index (Phi) is 4.79. The molecule has 0 saturated heterocycles. The van der Waals surface area contributed by atoms with Crippen molar-refractivity contribution >= 4 is 16.8 Å². The normalized spacial score (nSPS) is 10.8. The van der Waals surface area contributed by atoms with E-state index >= 15 is 0 Å². The molecular formula is C19H22N4O. The molecule has 2 aromatic carbocycles. The third kappa shape index (κ3) is 3.74. The van der Waals surface area contributed by atoms with Crippen molar-refractivity contribution in [2.45, 2.75) is 26.4 Å². The highest BCUT2D eigenvalue weighted by atomic mass is 16.2. The van der Waals surface area contributed by atoms with Gasteiger partial charge in [0.1, 0.15) is 0 Å². The second kappa shape index (κ2) is 7.17. The number of hydrogen-bond donors (Lipinski definition) is 2. The molecule has 5 heteroatoms. The van der Waals surface area contributed by atoms with Gasteiger partial charge in [0, 0.05) is 31.9 Å². The zero-order valence-electron chi connectivity index (χ0n) is 14.0. The molecule has 0 fully saturated rings. The Morgan fingerprint density at radius 2 is 1.83 bits per heavy atom. The quantitative estimate of drug-likeness (QED) is 0.758. The monoisotopic (exact) mass is 322 g/mol. The number of aromatic nitrogens is 2. The number of urea groups is 1. The van der Waals surface area contributed by atoms with Gasteiger partial charge in [-0.15, -0.1) is 0 Å². The van der Waals surface area contributed by atoms with Crippen molar-refractivity contribution < 1.29 is 4.79 Å². The first-order valence-electron chi connectivity index (χ1n) is 8.16. The fourth-order valence-electron chi connectivity index (χ4n) is 2.80. The molecule has 0 unspecified atom stereocenters. The summed E-state index contributed by atoms with van der Waals surface area (Å²) in [4.78, 5) is 12.0. The fourth-order valence-corrected chi connectivity index (χ4v) is 2.80. The van der Waals surface area contributed by atoms with E-state index < -0.39 is 0 Å². The lowest BCUT2D eigenvalue weighted by Gasteiger charge is -2.08. The lowest BCUT2D eigenvalue weighted by atomic mass is 10.1. The molecule has 2 N–H and O–H groups in total. The highest BCUT2D eigenvalue weighted by Crippen LogP contribution is 2.15. The van der Waals surface area contributed by atoms with Crippen molar-refractivity contribution in [3.8, 4) is 0 Å². The molecule has 1 heterocycles. The van der Waals surface area contributed by atoms with Gasteiger partial charge in [0.2, 0.25) is 0 Å². The Morgan fingerprint density at radius 1 is 1.08 bits per heavy atom. The number of rotatable bonds is 5. The number of carbonyl (C=O) groups excluding carboxylic acids is 1. The van der Waals surface area contributed by atoms with E-state index in [1.54, 1.807) is 4.68 Å². The largest absolute Gasteiger partial charge is 0.334 e. The Bertz CT molecular complexity index is 853. The van der Waals surface area contributed by atoms with Crippen LogP contribution >= 0.6 is 0 Å². The topological polar surface area (TPSA) is 59.0 Å². The summed E-state index contributed by atoms with van der Waals surface area (Å²) in [6.45, 7) is 3.05. The Hall–Kier alpha value is -2.82. The Labute approximate surface area is 141 Å². The van der Waals surface area contributed by atoms with Gasteiger partial charge >= 0.3 is 6.03 Å². The molecule has 5 nitrogen and oxygen atoms in total. The molecule has 0 radical (unpaired) electrons. The van der Waals surface area contributed by atoms with E-state index in [4.69, 9.17) is 0 Å². The van der Waals surface area contributed by atoms with E-state index in [2.05, 4.69) is 46.9 Å².